The van der Waals surface area contributed by atoms with Gasteiger partial charge in [0.25, 0.3) is 0 Å². The first-order valence-electron chi connectivity index (χ1n) is 4.63. The summed E-state index contributed by atoms with van der Waals surface area (Å²) in [7, 11) is 3.33. The zero-order valence-electron chi connectivity index (χ0n) is 8.66. The highest BCUT2D eigenvalue weighted by Gasteiger charge is 2.32. The summed E-state index contributed by atoms with van der Waals surface area (Å²) in [6, 6.07) is 4.02. The highest BCUT2D eigenvalue weighted by Crippen LogP contribution is 2.33. The summed E-state index contributed by atoms with van der Waals surface area (Å²) < 4.78 is 10.9. The number of nitrogens with two attached hydrogens (primary N) is 1. The molecular weight excluding hydrogens is 198 g/mol. The molecule has 1 aromatic heterocycles. The van der Waals surface area contributed by atoms with E-state index in [4.69, 9.17) is 15.2 Å². The second-order valence-electron chi connectivity index (χ2n) is 3.03. The van der Waals surface area contributed by atoms with Gasteiger partial charge in [-0.3, -0.25) is 0 Å². The van der Waals surface area contributed by atoms with Crippen LogP contribution in [0.4, 0.5) is 0 Å². The van der Waals surface area contributed by atoms with E-state index in [1.165, 1.54) is 0 Å². The van der Waals surface area contributed by atoms with Crippen molar-refractivity contribution in [3.05, 3.63) is 22.4 Å². The lowest BCUT2D eigenvalue weighted by Crippen LogP contribution is -2.30. The summed E-state index contributed by atoms with van der Waals surface area (Å²) in [5.41, 5.74) is 5.49. The van der Waals surface area contributed by atoms with Gasteiger partial charge in [-0.05, 0) is 24.4 Å². The largest absolute Gasteiger partial charge is 0.349 e. The van der Waals surface area contributed by atoms with Gasteiger partial charge in [0.05, 0.1) is 4.88 Å². The molecule has 0 saturated heterocycles. The Hall–Kier alpha value is -0.420. The first-order chi connectivity index (χ1) is 6.79. The van der Waals surface area contributed by atoms with Crippen LogP contribution >= 0.6 is 11.3 Å². The molecule has 0 aromatic carbocycles. The number of hydrogen-bond donors (Lipinski definition) is 1. The molecule has 1 rings (SSSR count). The highest BCUT2D eigenvalue weighted by atomic mass is 32.1. The Morgan fingerprint density at radius 3 is 2.57 bits per heavy atom. The minimum absolute atomic E-state index is 0.604. The van der Waals surface area contributed by atoms with Crippen LogP contribution in [0.2, 0.25) is 0 Å². The Morgan fingerprint density at radius 2 is 2.14 bits per heavy atom. The van der Waals surface area contributed by atoms with Gasteiger partial charge in [0.15, 0.2) is 0 Å². The Balaban J connectivity index is 2.80. The molecule has 0 radical (unpaired) electrons. The smallest absolute Gasteiger partial charge is 0.203 e. The van der Waals surface area contributed by atoms with Gasteiger partial charge in [-0.25, -0.2) is 0 Å². The Labute approximate surface area is 88.8 Å². The molecule has 80 valence electrons. The molecule has 1 heterocycles. The first kappa shape index (κ1) is 11.7. The molecule has 0 aliphatic heterocycles. The van der Waals surface area contributed by atoms with Crippen LogP contribution in [0.15, 0.2) is 17.5 Å². The molecule has 0 atom stereocenters. The third-order valence-electron chi connectivity index (χ3n) is 2.27. The summed E-state index contributed by atoms with van der Waals surface area (Å²) in [6.45, 7) is 0.653. The molecule has 2 N–H and O–H groups in total. The fraction of sp³-hybridized carbons (Fsp3) is 0.600. The van der Waals surface area contributed by atoms with Crippen molar-refractivity contribution in [2.24, 2.45) is 5.73 Å². The van der Waals surface area contributed by atoms with Crippen LogP contribution in [0.3, 0.4) is 0 Å². The lowest BCUT2D eigenvalue weighted by atomic mass is 10.1. The van der Waals surface area contributed by atoms with Crippen molar-refractivity contribution in [1.29, 1.82) is 0 Å². The number of hydrogen-bond acceptors (Lipinski definition) is 4. The van der Waals surface area contributed by atoms with Crippen LogP contribution in [0.1, 0.15) is 17.7 Å². The van der Waals surface area contributed by atoms with Crippen LogP contribution in [0.25, 0.3) is 0 Å². The van der Waals surface area contributed by atoms with E-state index in [1.54, 1.807) is 25.6 Å². The molecule has 3 nitrogen and oxygen atoms in total. The summed E-state index contributed by atoms with van der Waals surface area (Å²) >= 11 is 1.64. The van der Waals surface area contributed by atoms with Crippen molar-refractivity contribution in [2.75, 3.05) is 20.8 Å². The van der Waals surface area contributed by atoms with Crippen LogP contribution in [-0.2, 0) is 15.3 Å². The maximum Gasteiger partial charge on any atom is 0.203 e. The van der Waals surface area contributed by atoms with Gasteiger partial charge in [-0.15, -0.1) is 11.3 Å². The molecule has 0 saturated carbocycles. The molecule has 0 spiro atoms. The average molecular weight is 215 g/mol. The molecule has 0 unspecified atom stereocenters. The average Bonchev–Trinajstić information content (AvgIpc) is 2.74. The zero-order chi connectivity index (χ0) is 10.4. The SMILES string of the molecule is COC(CCCN)(OC)c1cccs1. The third kappa shape index (κ3) is 2.33. The molecular formula is C10H17NO2S. The monoisotopic (exact) mass is 215 g/mol. The van der Waals surface area contributed by atoms with E-state index in [0.29, 0.717) is 6.54 Å². The van der Waals surface area contributed by atoms with Crippen LogP contribution < -0.4 is 5.73 Å². The quantitative estimate of drug-likeness (QED) is 0.737. The van der Waals surface area contributed by atoms with Gasteiger partial charge in [0.1, 0.15) is 0 Å². The van der Waals surface area contributed by atoms with E-state index >= 15 is 0 Å². The van der Waals surface area contributed by atoms with Crippen molar-refractivity contribution >= 4 is 11.3 Å². The van der Waals surface area contributed by atoms with Gasteiger partial charge in [0, 0.05) is 20.6 Å². The molecule has 1 aromatic rings. The maximum absolute atomic E-state index is 5.49. The van der Waals surface area contributed by atoms with E-state index in [-0.39, 0.29) is 0 Å². The Kier molecular flexibility index (Phi) is 4.54. The minimum atomic E-state index is -0.604. The predicted octanol–water partition coefficient (Wildman–Crippen LogP) is 1.93. The maximum atomic E-state index is 5.49. The second kappa shape index (κ2) is 5.46. The lowest BCUT2D eigenvalue weighted by molar-refractivity contribution is -0.218. The van der Waals surface area contributed by atoms with Crippen molar-refractivity contribution in [3.8, 4) is 0 Å². The van der Waals surface area contributed by atoms with E-state index in [9.17, 15) is 0 Å². The fourth-order valence-electron chi connectivity index (χ4n) is 1.44. The highest BCUT2D eigenvalue weighted by molar-refractivity contribution is 7.10. The van der Waals surface area contributed by atoms with Crippen molar-refractivity contribution in [3.63, 3.8) is 0 Å². The minimum Gasteiger partial charge on any atom is -0.349 e. The van der Waals surface area contributed by atoms with Crippen molar-refractivity contribution in [2.45, 2.75) is 18.6 Å². The molecule has 4 heteroatoms. The van der Waals surface area contributed by atoms with E-state index in [2.05, 4.69) is 0 Å². The van der Waals surface area contributed by atoms with Crippen molar-refractivity contribution < 1.29 is 9.47 Å². The second-order valence-corrected chi connectivity index (χ2v) is 3.98. The molecule has 0 aliphatic carbocycles. The predicted molar refractivity (Wildman–Crippen MR) is 58.3 cm³/mol. The summed E-state index contributed by atoms with van der Waals surface area (Å²) in [4.78, 5) is 1.09. The van der Waals surface area contributed by atoms with Gasteiger partial charge >= 0.3 is 0 Å². The van der Waals surface area contributed by atoms with Gasteiger partial charge in [-0.1, -0.05) is 6.07 Å². The van der Waals surface area contributed by atoms with Crippen LogP contribution in [0, 0.1) is 0 Å². The Bertz CT molecular complexity index is 245. The van der Waals surface area contributed by atoms with Crippen LogP contribution in [-0.4, -0.2) is 20.8 Å². The first-order valence-corrected chi connectivity index (χ1v) is 5.51. The molecule has 0 bridgehead atoms. The van der Waals surface area contributed by atoms with E-state index < -0.39 is 5.79 Å². The molecule has 14 heavy (non-hydrogen) atoms. The van der Waals surface area contributed by atoms with Gasteiger partial charge in [-0.2, -0.15) is 0 Å². The summed E-state index contributed by atoms with van der Waals surface area (Å²) in [5, 5.41) is 2.02. The summed E-state index contributed by atoms with van der Waals surface area (Å²) in [6.07, 6.45) is 1.68. The fourth-order valence-corrected chi connectivity index (χ4v) is 2.35. The summed E-state index contributed by atoms with van der Waals surface area (Å²) in [5.74, 6) is -0.604. The van der Waals surface area contributed by atoms with Gasteiger partial charge in [0.2, 0.25) is 5.79 Å². The van der Waals surface area contributed by atoms with E-state index in [0.717, 1.165) is 17.7 Å². The van der Waals surface area contributed by atoms with Crippen LogP contribution in [0.5, 0.6) is 0 Å². The number of methoxy groups -OCH3 is 2. The zero-order valence-corrected chi connectivity index (χ0v) is 9.47. The number of ether oxygens (including phenoxy) is 2. The lowest BCUT2D eigenvalue weighted by Gasteiger charge is -2.29. The molecule has 0 fully saturated rings. The number of thiophene rings is 1. The number of rotatable bonds is 6. The van der Waals surface area contributed by atoms with E-state index in [1.807, 2.05) is 17.5 Å². The van der Waals surface area contributed by atoms with Gasteiger partial charge < -0.3 is 15.2 Å². The third-order valence-corrected chi connectivity index (χ3v) is 3.26. The molecule has 0 aliphatic rings. The molecule has 0 amide bonds. The standard InChI is InChI=1S/C10H17NO2S/c1-12-10(13-2,6-4-7-11)9-5-3-8-14-9/h3,5,8H,4,6-7,11H2,1-2H3. The normalized spacial score (nSPS) is 11.9. The topological polar surface area (TPSA) is 44.5 Å². The Morgan fingerprint density at radius 1 is 1.43 bits per heavy atom. The van der Waals surface area contributed by atoms with Crippen molar-refractivity contribution in [1.82, 2.24) is 0 Å².